The van der Waals surface area contributed by atoms with Gasteiger partial charge in [-0.2, -0.15) is 0 Å². The van der Waals surface area contributed by atoms with E-state index < -0.39 is 85.7 Å². The van der Waals surface area contributed by atoms with Crippen molar-refractivity contribution in [3.63, 3.8) is 0 Å². The van der Waals surface area contributed by atoms with Crippen molar-refractivity contribution in [1.29, 1.82) is 0 Å². The first kappa shape index (κ1) is 47.8. The summed E-state index contributed by atoms with van der Waals surface area (Å²) in [4.78, 5) is 88.9. The zero-order valence-electron chi connectivity index (χ0n) is 32.7. The third-order valence-corrected chi connectivity index (χ3v) is 8.80. The third kappa shape index (κ3) is 17.5. The lowest BCUT2D eigenvalue weighted by atomic mass is 9.92. The molecule has 57 heavy (non-hydrogen) atoms. The highest BCUT2D eigenvalue weighted by molar-refractivity contribution is 6.41. The van der Waals surface area contributed by atoms with Crippen molar-refractivity contribution in [3.8, 4) is 11.1 Å². The molecule has 0 bridgehead atoms. The second-order valence-corrected chi connectivity index (χ2v) is 13.7. The molecule has 0 saturated heterocycles. The van der Waals surface area contributed by atoms with E-state index in [1.54, 1.807) is 12.1 Å². The fourth-order valence-electron chi connectivity index (χ4n) is 5.53. The van der Waals surface area contributed by atoms with E-state index >= 15 is 0 Å². The first-order valence-corrected chi connectivity index (χ1v) is 19.0. The van der Waals surface area contributed by atoms with Crippen molar-refractivity contribution in [2.75, 3.05) is 19.5 Å². The van der Waals surface area contributed by atoms with E-state index in [1.807, 2.05) is 12.1 Å². The monoisotopic (exact) mass is 796 g/mol. The molecular weight excluding hydrogens is 739 g/mol. The molecule has 13 N–H and O–H groups in total. The van der Waals surface area contributed by atoms with Gasteiger partial charge in [0.25, 0.3) is 5.91 Å². The molecule has 0 aliphatic rings. The van der Waals surface area contributed by atoms with Crippen LogP contribution in [0.3, 0.4) is 0 Å². The molecule has 2 rings (SSSR count). The van der Waals surface area contributed by atoms with Gasteiger partial charge in [-0.1, -0.05) is 49.7 Å². The number of hydrogen-bond acceptors (Lipinski definition) is 11. The second kappa shape index (κ2) is 25.0. The van der Waals surface area contributed by atoms with Gasteiger partial charge in [-0.05, 0) is 81.3 Å². The van der Waals surface area contributed by atoms with Crippen LogP contribution in [0.25, 0.3) is 11.1 Å². The Morgan fingerprint density at radius 3 is 1.93 bits per heavy atom. The van der Waals surface area contributed by atoms with Crippen LogP contribution in [0.15, 0.2) is 48.5 Å². The SMILES string of the molecule is CCCCc1ccc(-c2ccc(C(=O)NCCC(=O)NC(CCCCN)C(=O)NC(C(=O)NC(C)C(=O)NC(CC(N)=O)C(=O)NCB(O)O)C(C)O)cc2)cc1. The third-order valence-electron chi connectivity index (χ3n) is 8.80. The summed E-state index contributed by atoms with van der Waals surface area (Å²) in [6.07, 6.45) is 1.51. The maximum Gasteiger partial charge on any atom is 0.472 e. The average molecular weight is 797 g/mol. The molecule has 0 heterocycles. The summed E-state index contributed by atoms with van der Waals surface area (Å²) in [6, 6.07) is 9.79. The van der Waals surface area contributed by atoms with Crippen molar-refractivity contribution in [3.05, 3.63) is 59.7 Å². The van der Waals surface area contributed by atoms with Gasteiger partial charge in [0, 0.05) is 18.5 Å². The molecule has 312 valence electrons. The Bertz CT molecular complexity index is 1640. The van der Waals surface area contributed by atoms with Crippen LogP contribution in [0.1, 0.15) is 81.6 Å². The number of carbonyl (C=O) groups is 7. The predicted octanol–water partition coefficient (Wildman–Crippen LogP) is -1.71. The Balaban J connectivity index is 1.98. The minimum atomic E-state index is -1.90. The number of hydrogen-bond donors (Lipinski definition) is 11. The number of primary amides is 1. The van der Waals surface area contributed by atoms with Crippen LogP contribution in [0.5, 0.6) is 0 Å². The number of carbonyl (C=O) groups excluding carboxylic acids is 7. The van der Waals surface area contributed by atoms with Crippen LogP contribution in [-0.4, -0.2) is 113 Å². The molecule has 18 nitrogen and oxygen atoms in total. The van der Waals surface area contributed by atoms with Crippen molar-refractivity contribution in [2.24, 2.45) is 11.5 Å². The molecule has 5 atom stereocenters. The maximum absolute atomic E-state index is 13.4. The molecule has 7 amide bonds. The van der Waals surface area contributed by atoms with E-state index in [2.05, 4.69) is 63.1 Å². The van der Waals surface area contributed by atoms with Crippen LogP contribution in [0.4, 0.5) is 0 Å². The summed E-state index contributed by atoms with van der Waals surface area (Å²) in [7, 11) is -1.90. The standard InChI is InChI=1S/C38H57BN8O10/c1-4-5-8-25-10-12-26(13-11-25)27-14-16-28(17-15-27)35(52)42-20-18-32(50)45-29(9-6-7-19-40)37(54)47-33(24(3)48)38(55)44-23(2)34(51)46-30(21-31(41)49)36(53)43-22-39(56)57/h10-17,23-24,29-30,33,48,56-57H,4-9,18-22,40H2,1-3H3,(H2,41,49)(H,42,52)(H,43,53)(H,44,55)(H,45,50)(H,46,51)(H,47,54). The second-order valence-electron chi connectivity index (χ2n) is 13.7. The maximum atomic E-state index is 13.4. The number of amides is 7. The van der Waals surface area contributed by atoms with Gasteiger partial charge in [0.05, 0.1) is 19.0 Å². The van der Waals surface area contributed by atoms with Gasteiger partial charge < -0.3 is 58.5 Å². The predicted molar refractivity (Wildman–Crippen MR) is 212 cm³/mol. The molecule has 0 aromatic heterocycles. The van der Waals surface area contributed by atoms with E-state index in [1.165, 1.54) is 19.4 Å². The first-order chi connectivity index (χ1) is 27.1. The summed E-state index contributed by atoms with van der Waals surface area (Å²) >= 11 is 0. The quantitative estimate of drug-likeness (QED) is 0.0397. The minimum absolute atomic E-state index is 0.0349. The first-order valence-electron chi connectivity index (χ1n) is 19.0. The van der Waals surface area contributed by atoms with Crippen molar-refractivity contribution < 1.29 is 48.7 Å². The molecule has 0 aliphatic carbocycles. The van der Waals surface area contributed by atoms with Gasteiger partial charge in [0.15, 0.2) is 0 Å². The number of aryl methyl sites for hydroxylation is 1. The highest BCUT2D eigenvalue weighted by Crippen LogP contribution is 2.21. The van der Waals surface area contributed by atoms with Gasteiger partial charge in [-0.3, -0.25) is 33.6 Å². The van der Waals surface area contributed by atoms with Gasteiger partial charge in [0.1, 0.15) is 24.2 Å². The van der Waals surface area contributed by atoms with Crippen LogP contribution in [-0.2, 0) is 35.2 Å². The molecule has 2 aromatic carbocycles. The number of nitrogens with one attached hydrogen (secondary N) is 6. The van der Waals surface area contributed by atoms with Crippen LogP contribution < -0.4 is 43.4 Å². The van der Waals surface area contributed by atoms with Crippen LogP contribution in [0.2, 0.25) is 0 Å². The van der Waals surface area contributed by atoms with Gasteiger partial charge >= 0.3 is 7.12 Å². The summed E-state index contributed by atoms with van der Waals surface area (Å²) in [5.41, 5.74) is 14.4. The molecular formula is C38H57BN8O10. The minimum Gasteiger partial charge on any atom is -0.426 e. The molecule has 2 aromatic rings. The zero-order valence-corrected chi connectivity index (χ0v) is 32.7. The zero-order chi connectivity index (χ0) is 42.5. The smallest absolute Gasteiger partial charge is 0.426 e. The topological polar surface area (TPSA) is 304 Å². The molecule has 0 spiro atoms. The van der Waals surface area contributed by atoms with Gasteiger partial charge in [0.2, 0.25) is 35.4 Å². The summed E-state index contributed by atoms with van der Waals surface area (Å²) in [6.45, 7) is 4.91. The number of aliphatic hydroxyl groups excluding tert-OH is 1. The highest BCUT2D eigenvalue weighted by Gasteiger charge is 2.32. The normalized spacial score (nSPS) is 13.5. The Kier molecular flexibility index (Phi) is 21.0. The van der Waals surface area contributed by atoms with E-state index in [0.717, 1.165) is 30.4 Å². The number of benzene rings is 2. The van der Waals surface area contributed by atoms with Gasteiger partial charge in [-0.25, -0.2) is 0 Å². The summed E-state index contributed by atoms with van der Waals surface area (Å²) < 4.78 is 0. The Morgan fingerprint density at radius 1 is 0.737 bits per heavy atom. The molecule has 0 saturated carbocycles. The lowest BCUT2D eigenvalue weighted by Crippen LogP contribution is -2.60. The van der Waals surface area contributed by atoms with E-state index in [-0.39, 0.29) is 25.3 Å². The molecule has 0 radical (unpaired) electrons. The number of aliphatic hydroxyl groups is 1. The van der Waals surface area contributed by atoms with Crippen molar-refractivity contribution in [2.45, 2.75) is 102 Å². The molecule has 19 heteroatoms. The Morgan fingerprint density at radius 2 is 1.37 bits per heavy atom. The number of rotatable bonds is 25. The summed E-state index contributed by atoms with van der Waals surface area (Å²) in [5.74, 6) is -5.57. The number of unbranched alkanes of at least 4 members (excludes halogenated alkanes) is 2. The van der Waals surface area contributed by atoms with Crippen molar-refractivity contribution in [1.82, 2.24) is 31.9 Å². The van der Waals surface area contributed by atoms with Crippen molar-refractivity contribution >= 4 is 48.5 Å². The average Bonchev–Trinajstić information content (AvgIpc) is 3.17. The lowest BCUT2D eigenvalue weighted by Gasteiger charge is -2.26. The fraction of sp³-hybridized carbons (Fsp3) is 0.500. The van der Waals surface area contributed by atoms with Crippen LogP contribution in [0, 0.1) is 0 Å². The Hall–Kier alpha value is -5.37. The van der Waals surface area contributed by atoms with Gasteiger partial charge in [-0.15, -0.1) is 0 Å². The summed E-state index contributed by atoms with van der Waals surface area (Å²) in [5, 5.41) is 42.8. The number of nitrogens with two attached hydrogens (primary N) is 2. The molecule has 0 aliphatic heterocycles. The molecule has 5 unspecified atom stereocenters. The van der Waals surface area contributed by atoms with E-state index in [9.17, 15) is 38.7 Å². The highest BCUT2D eigenvalue weighted by atomic mass is 16.4. The van der Waals surface area contributed by atoms with E-state index in [0.29, 0.717) is 24.9 Å². The Labute approximate surface area is 332 Å². The fourth-order valence-corrected chi connectivity index (χ4v) is 5.53. The lowest BCUT2D eigenvalue weighted by molar-refractivity contribution is -0.136. The molecule has 0 fully saturated rings. The largest absolute Gasteiger partial charge is 0.472 e. The van der Waals surface area contributed by atoms with Crippen LogP contribution >= 0.6 is 0 Å². The van der Waals surface area contributed by atoms with E-state index in [4.69, 9.17) is 21.5 Å².